The SMILES string of the molecule is CC1(C)CCC(CC(OC(=O)N2CCOCC2)C(=O)NC(C)(C#N)OCc2ccccc2)CC1. The minimum atomic E-state index is -1.55. The molecule has 8 nitrogen and oxygen atoms in total. The Hall–Kier alpha value is -2.63. The molecule has 1 heterocycles. The molecule has 1 aliphatic heterocycles. The molecule has 2 amide bonds. The quantitative estimate of drug-likeness (QED) is 0.575. The Morgan fingerprint density at radius 1 is 1.24 bits per heavy atom. The van der Waals surface area contributed by atoms with Crippen LogP contribution in [0.15, 0.2) is 30.3 Å². The van der Waals surface area contributed by atoms with Crippen molar-refractivity contribution in [3.05, 3.63) is 35.9 Å². The number of hydrogen-bond acceptors (Lipinski definition) is 6. The maximum Gasteiger partial charge on any atom is 0.410 e. The lowest BCUT2D eigenvalue weighted by Gasteiger charge is -2.36. The summed E-state index contributed by atoms with van der Waals surface area (Å²) in [4.78, 5) is 27.6. The van der Waals surface area contributed by atoms with E-state index in [1.807, 2.05) is 36.4 Å². The molecule has 2 unspecified atom stereocenters. The standard InChI is InChI=1S/C26H37N3O5/c1-25(2)11-9-20(10-12-25)17-22(34-24(31)29-13-15-32-16-14-29)23(30)28-26(3,19-27)33-18-21-7-5-4-6-8-21/h4-8,20,22H,9-18H2,1-3H3,(H,28,30). The molecule has 34 heavy (non-hydrogen) atoms. The van der Waals surface area contributed by atoms with Gasteiger partial charge in [-0.15, -0.1) is 0 Å². The highest BCUT2D eigenvalue weighted by Crippen LogP contribution is 2.39. The average Bonchev–Trinajstić information content (AvgIpc) is 2.84. The number of ether oxygens (including phenoxy) is 3. The Morgan fingerprint density at radius 2 is 1.88 bits per heavy atom. The number of nitrogens with one attached hydrogen (secondary N) is 1. The van der Waals surface area contributed by atoms with E-state index in [0.29, 0.717) is 38.1 Å². The van der Waals surface area contributed by atoms with Crippen molar-refractivity contribution >= 4 is 12.0 Å². The van der Waals surface area contributed by atoms with Crippen LogP contribution in [0, 0.1) is 22.7 Å². The van der Waals surface area contributed by atoms with E-state index in [-0.39, 0.29) is 12.5 Å². The molecule has 2 aliphatic rings. The van der Waals surface area contributed by atoms with Crippen molar-refractivity contribution in [1.82, 2.24) is 10.2 Å². The maximum atomic E-state index is 13.3. The predicted molar refractivity (Wildman–Crippen MR) is 126 cm³/mol. The van der Waals surface area contributed by atoms with E-state index in [2.05, 4.69) is 19.2 Å². The van der Waals surface area contributed by atoms with Crippen molar-refractivity contribution in [2.45, 2.75) is 71.3 Å². The molecule has 1 aromatic rings. The Kier molecular flexibility index (Phi) is 8.92. The van der Waals surface area contributed by atoms with Crippen LogP contribution in [0.25, 0.3) is 0 Å². The van der Waals surface area contributed by atoms with E-state index in [9.17, 15) is 14.9 Å². The van der Waals surface area contributed by atoms with Crippen LogP contribution in [0.1, 0.15) is 58.4 Å². The summed E-state index contributed by atoms with van der Waals surface area (Å²) in [6.45, 7) is 7.95. The normalized spacial score (nSPS) is 21.1. The van der Waals surface area contributed by atoms with E-state index in [0.717, 1.165) is 31.2 Å². The minimum Gasteiger partial charge on any atom is -0.436 e. The summed E-state index contributed by atoms with van der Waals surface area (Å²) in [6.07, 6.45) is 3.01. The van der Waals surface area contributed by atoms with Gasteiger partial charge in [-0.1, -0.05) is 44.2 Å². The highest BCUT2D eigenvalue weighted by Gasteiger charge is 2.36. The summed E-state index contributed by atoms with van der Waals surface area (Å²) in [5, 5.41) is 12.4. The topological polar surface area (TPSA) is 101 Å². The van der Waals surface area contributed by atoms with Crippen LogP contribution in [0.3, 0.4) is 0 Å². The summed E-state index contributed by atoms with van der Waals surface area (Å²) in [7, 11) is 0. The number of morpholine rings is 1. The van der Waals surface area contributed by atoms with E-state index in [1.54, 1.807) is 4.90 Å². The molecular formula is C26H37N3O5. The number of carbonyl (C=O) groups is 2. The van der Waals surface area contributed by atoms with Gasteiger partial charge in [-0.2, -0.15) is 5.26 Å². The number of amides is 2. The summed E-state index contributed by atoms with van der Waals surface area (Å²) in [6, 6.07) is 11.5. The van der Waals surface area contributed by atoms with Gasteiger partial charge in [0.25, 0.3) is 5.91 Å². The van der Waals surface area contributed by atoms with Gasteiger partial charge in [-0.25, -0.2) is 4.79 Å². The molecule has 1 saturated heterocycles. The zero-order valence-electron chi connectivity index (χ0n) is 20.5. The zero-order chi connectivity index (χ0) is 24.6. The third-order valence-electron chi connectivity index (χ3n) is 6.76. The average molecular weight is 472 g/mol. The summed E-state index contributed by atoms with van der Waals surface area (Å²) in [5.41, 5.74) is -0.368. The first-order chi connectivity index (χ1) is 16.2. The molecule has 1 N–H and O–H groups in total. The first kappa shape index (κ1) is 26.0. The molecule has 1 aromatic carbocycles. The smallest absolute Gasteiger partial charge is 0.410 e. The van der Waals surface area contributed by atoms with Crippen molar-refractivity contribution in [3.63, 3.8) is 0 Å². The third-order valence-corrected chi connectivity index (χ3v) is 6.76. The molecule has 8 heteroatoms. The van der Waals surface area contributed by atoms with Gasteiger partial charge in [0.1, 0.15) is 6.07 Å². The van der Waals surface area contributed by atoms with E-state index in [1.165, 1.54) is 6.92 Å². The van der Waals surface area contributed by atoms with Gasteiger partial charge in [0.2, 0.25) is 5.72 Å². The molecule has 0 aromatic heterocycles. The van der Waals surface area contributed by atoms with Crippen molar-refractivity contribution in [2.24, 2.45) is 11.3 Å². The fourth-order valence-electron chi connectivity index (χ4n) is 4.36. The van der Waals surface area contributed by atoms with Crippen LogP contribution < -0.4 is 5.32 Å². The molecule has 1 saturated carbocycles. The van der Waals surface area contributed by atoms with Gasteiger partial charge >= 0.3 is 6.09 Å². The second kappa shape index (κ2) is 11.7. The number of hydrogen-bond donors (Lipinski definition) is 1. The minimum absolute atomic E-state index is 0.168. The maximum absolute atomic E-state index is 13.3. The highest BCUT2D eigenvalue weighted by atomic mass is 16.6. The number of nitriles is 1. The van der Waals surface area contributed by atoms with Crippen LogP contribution in [-0.4, -0.2) is 55.0 Å². The van der Waals surface area contributed by atoms with Crippen LogP contribution >= 0.6 is 0 Å². The molecule has 0 spiro atoms. The summed E-state index contributed by atoms with van der Waals surface area (Å²) >= 11 is 0. The molecule has 3 rings (SSSR count). The largest absolute Gasteiger partial charge is 0.436 e. The number of rotatable bonds is 8. The van der Waals surface area contributed by atoms with Crippen LogP contribution in [0.2, 0.25) is 0 Å². The van der Waals surface area contributed by atoms with Crippen LogP contribution in [-0.2, 0) is 25.6 Å². The number of nitrogens with zero attached hydrogens (tertiary/aromatic N) is 2. The molecule has 2 atom stereocenters. The molecule has 0 radical (unpaired) electrons. The van der Waals surface area contributed by atoms with Gasteiger partial charge in [-0.05, 0) is 55.9 Å². The fraction of sp³-hybridized carbons (Fsp3) is 0.654. The van der Waals surface area contributed by atoms with Gasteiger partial charge < -0.3 is 24.4 Å². The lowest BCUT2D eigenvalue weighted by Crippen LogP contribution is -2.53. The summed E-state index contributed by atoms with van der Waals surface area (Å²) < 4.78 is 16.8. The second-order valence-corrected chi connectivity index (χ2v) is 10.2. The molecular weight excluding hydrogens is 434 g/mol. The molecule has 0 bridgehead atoms. The Morgan fingerprint density at radius 3 is 2.50 bits per heavy atom. The Balaban J connectivity index is 1.66. The Bertz CT molecular complexity index is 853. The summed E-state index contributed by atoms with van der Waals surface area (Å²) in [5.74, 6) is -0.233. The zero-order valence-corrected chi connectivity index (χ0v) is 20.5. The van der Waals surface area contributed by atoms with Crippen molar-refractivity contribution in [3.8, 4) is 6.07 Å². The van der Waals surface area contributed by atoms with Crippen molar-refractivity contribution in [2.75, 3.05) is 26.3 Å². The lowest BCUT2D eigenvalue weighted by molar-refractivity contribution is -0.139. The van der Waals surface area contributed by atoms with Crippen molar-refractivity contribution in [1.29, 1.82) is 5.26 Å². The first-order valence-corrected chi connectivity index (χ1v) is 12.1. The Labute approximate surface area is 202 Å². The van der Waals surface area contributed by atoms with E-state index < -0.39 is 23.8 Å². The first-order valence-electron chi connectivity index (χ1n) is 12.1. The number of benzene rings is 1. The molecule has 1 aliphatic carbocycles. The lowest BCUT2D eigenvalue weighted by atomic mass is 9.72. The van der Waals surface area contributed by atoms with Gasteiger partial charge in [0.15, 0.2) is 6.10 Å². The van der Waals surface area contributed by atoms with Gasteiger partial charge in [0, 0.05) is 13.1 Å². The van der Waals surface area contributed by atoms with Gasteiger partial charge in [-0.3, -0.25) is 4.79 Å². The third kappa shape index (κ3) is 7.71. The van der Waals surface area contributed by atoms with E-state index in [4.69, 9.17) is 14.2 Å². The van der Waals surface area contributed by atoms with Crippen molar-refractivity contribution < 1.29 is 23.8 Å². The molecule has 186 valence electrons. The number of carbonyl (C=O) groups excluding carboxylic acids is 2. The fourth-order valence-corrected chi connectivity index (χ4v) is 4.36. The second-order valence-electron chi connectivity index (χ2n) is 10.2. The predicted octanol–water partition coefficient (Wildman–Crippen LogP) is 4.00. The monoisotopic (exact) mass is 471 g/mol. The highest BCUT2D eigenvalue weighted by molar-refractivity contribution is 5.84. The molecule has 2 fully saturated rings. The van der Waals surface area contributed by atoms with E-state index >= 15 is 0 Å². The van der Waals surface area contributed by atoms with Crippen LogP contribution in [0.4, 0.5) is 4.79 Å². The van der Waals surface area contributed by atoms with Crippen LogP contribution in [0.5, 0.6) is 0 Å². The van der Waals surface area contributed by atoms with Gasteiger partial charge in [0.05, 0.1) is 19.8 Å².